The lowest BCUT2D eigenvalue weighted by atomic mass is 10.2. The summed E-state index contributed by atoms with van der Waals surface area (Å²) in [6.45, 7) is 0.601. The Morgan fingerprint density at radius 1 is 1.42 bits per heavy atom. The fraction of sp³-hybridized carbons (Fsp3) is 0.400. The van der Waals surface area contributed by atoms with Crippen LogP contribution in [0.15, 0.2) is 28.8 Å². The van der Waals surface area contributed by atoms with Crippen molar-refractivity contribution in [3.05, 3.63) is 40.3 Å². The summed E-state index contributed by atoms with van der Waals surface area (Å²) < 4.78 is 5.17. The van der Waals surface area contributed by atoms with Gasteiger partial charge in [0.05, 0.1) is 18.0 Å². The molecule has 3 rings (SSSR count). The van der Waals surface area contributed by atoms with Gasteiger partial charge in [0.1, 0.15) is 0 Å². The number of carbonyl (C=O) groups is 1. The Kier molecular flexibility index (Phi) is 4.52. The van der Waals surface area contributed by atoms with Crippen molar-refractivity contribution >= 4 is 11.6 Å². The normalized spacial score (nSPS) is 13.9. The van der Waals surface area contributed by atoms with Crippen molar-refractivity contribution in [1.29, 1.82) is 0 Å². The molecule has 0 unspecified atom stereocenters. The van der Waals surface area contributed by atoms with Crippen LogP contribution < -0.4 is 5.32 Å². The van der Waals surface area contributed by atoms with Gasteiger partial charge in [-0.2, -0.15) is 4.98 Å². The van der Waals surface area contributed by atoms with Crippen molar-refractivity contribution in [3.63, 3.8) is 0 Å². The average Bonchev–Trinajstić information content (AvgIpc) is 3.22. The zero-order valence-corrected chi connectivity index (χ0v) is 13.1. The van der Waals surface area contributed by atoms with Crippen LogP contribution in [-0.4, -0.2) is 45.5 Å². The van der Waals surface area contributed by atoms with Crippen molar-refractivity contribution in [3.8, 4) is 11.4 Å². The molecule has 1 N–H and O–H groups in total. The quantitative estimate of drug-likeness (QED) is 0.601. The van der Waals surface area contributed by atoms with E-state index in [2.05, 4.69) is 15.5 Å². The van der Waals surface area contributed by atoms with E-state index in [-0.39, 0.29) is 18.1 Å². The molecule has 1 saturated carbocycles. The Balaban J connectivity index is 1.58. The molecule has 1 fully saturated rings. The van der Waals surface area contributed by atoms with Crippen LogP contribution in [-0.2, 0) is 11.3 Å². The first-order chi connectivity index (χ1) is 11.5. The average molecular weight is 331 g/mol. The molecule has 0 radical (unpaired) electrons. The maximum Gasteiger partial charge on any atom is 0.269 e. The standard InChI is InChI=1S/C15H17N5O4/c1-19(8-13(21)16-11-4-5-11)9-14-17-15(18-24-14)10-2-6-12(7-3-10)20(22)23/h2-3,6-7,11H,4-5,8-9H2,1H3,(H,16,21). The third-order valence-electron chi connectivity index (χ3n) is 3.57. The van der Waals surface area contributed by atoms with Gasteiger partial charge in [0.25, 0.3) is 5.69 Å². The number of benzene rings is 1. The van der Waals surface area contributed by atoms with Gasteiger partial charge in [-0.15, -0.1) is 0 Å². The Labute approximate surface area is 137 Å². The molecule has 0 bridgehead atoms. The van der Waals surface area contributed by atoms with Crippen molar-refractivity contribution in [2.24, 2.45) is 0 Å². The van der Waals surface area contributed by atoms with Crippen molar-refractivity contribution < 1.29 is 14.2 Å². The molecular formula is C15H17N5O4. The largest absolute Gasteiger partial charge is 0.352 e. The van der Waals surface area contributed by atoms with Crippen LogP contribution in [0.2, 0.25) is 0 Å². The third kappa shape index (κ3) is 4.13. The Bertz CT molecular complexity index is 739. The number of carbonyl (C=O) groups excluding carboxylic acids is 1. The van der Waals surface area contributed by atoms with E-state index in [9.17, 15) is 14.9 Å². The van der Waals surface area contributed by atoms with Crippen molar-refractivity contribution in [2.45, 2.75) is 25.4 Å². The predicted octanol–water partition coefficient (Wildman–Crippen LogP) is 1.36. The Hall–Kier alpha value is -2.81. The molecule has 1 aromatic carbocycles. The van der Waals surface area contributed by atoms with Crippen molar-refractivity contribution in [2.75, 3.05) is 13.6 Å². The minimum Gasteiger partial charge on any atom is -0.352 e. The minimum atomic E-state index is -0.465. The molecule has 9 nitrogen and oxygen atoms in total. The van der Waals surface area contributed by atoms with E-state index in [1.807, 2.05) is 0 Å². The van der Waals surface area contributed by atoms with Gasteiger partial charge in [-0.1, -0.05) is 5.16 Å². The maximum absolute atomic E-state index is 11.7. The fourth-order valence-corrected chi connectivity index (χ4v) is 2.20. The van der Waals surface area contributed by atoms with E-state index in [1.54, 1.807) is 24.1 Å². The van der Waals surface area contributed by atoms with E-state index < -0.39 is 4.92 Å². The number of nitrogens with zero attached hydrogens (tertiary/aromatic N) is 4. The molecule has 1 heterocycles. The van der Waals surface area contributed by atoms with E-state index >= 15 is 0 Å². The van der Waals surface area contributed by atoms with Gasteiger partial charge < -0.3 is 9.84 Å². The number of non-ortho nitro benzene ring substituents is 1. The van der Waals surface area contributed by atoms with E-state index in [1.165, 1.54) is 12.1 Å². The molecule has 126 valence electrons. The number of aromatic nitrogens is 2. The highest BCUT2D eigenvalue weighted by Crippen LogP contribution is 2.20. The second kappa shape index (κ2) is 6.75. The van der Waals surface area contributed by atoms with Gasteiger partial charge in [-0.05, 0) is 32.0 Å². The topological polar surface area (TPSA) is 114 Å². The molecule has 24 heavy (non-hydrogen) atoms. The first-order valence-corrected chi connectivity index (χ1v) is 7.56. The molecule has 2 aromatic rings. The van der Waals surface area contributed by atoms with Crippen molar-refractivity contribution in [1.82, 2.24) is 20.4 Å². The van der Waals surface area contributed by atoms with Crippen LogP contribution >= 0.6 is 0 Å². The summed E-state index contributed by atoms with van der Waals surface area (Å²) in [5.41, 5.74) is 0.633. The fourth-order valence-electron chi connectivity index (χ4n) is 2.20. The number of amides is 1. The van der Waals surface area contributed by atoms with Crippen LogP contribution in [0.3, 0.4) is 0 Å². The summed E-state index contributed by atoms with van der Waals surface area (Å²) >= 11 is 0. The van der Waals surface area contributed by atoms with Crippen LogP contribution in [0, 0.1) is 10.1 Å². The van der Waals surface area contributed by atoms with Gasteiger partial charge in [-0.3, -0.25) is 19.8 Å². The summed E-state index contributed by atoms with van der Waals surface area (Å²) in [6.07, 6.45) is 2.11. The molecule has 1 aromatic heterocycles. The first-order valence-electron chi connectivity index (χ1n) is 7.56. The smallest absolute Gasteiger partial charge is 0.269 e. The minimum absolute atomic E-state index is 0.00359. The number of hydrogen-bond donors (Lipinski definition) is 1. The predicted molar refractivity (Wildman–Crippen MR) is 83.9 cm³/mol. The number of hydrogen-bond acceptors (Lipinski definition) is 7. The van der Waals surface area contributed by atoms with E-state index in [4.69, 9.17) is 4.52 Å². The first kappa shape index (κ1) is 16.1. The van der Waals surface area contributed by atoms with Crippen LogP contribution in [0.4, 0.5) is 5.69 Å². The number of nitro benzene ring substituents is 1. The molecule has 0 aliphatic heterocycles. The third-order valence-corrected chi connectivity index (χ3v) is 3.57. The molecule has 1 aliphatic carbocycles. The molecule has 9 heteroatoms. The summed E-state index contributed by atoms with van der Waals surface area (Å²) in [5, 5.41) is 17.4. The van der Waals surface area contributed by atoms with E-state index in [0.29, 0.717) is 29.9 Å². The van der Waals surface area contributed by atoms with Crippen LogP contribution in [0.25, 0.3) is 11.4 Å². The van der Waals surface area contributed by atoms with Gasteiger partial charge >= 0.3 is 0 Å². The van der Waals surface area contributed by atoms with Gasteiger partial charge in [0.2, 0.25) is 17.6 Å². The number of nitro groups is 1. The van der Waals surface area contributed by atoms with Gasteiger partial charge in [-0.25, -0.2) is 0 Å². The molecule has 0 atom stereocenters. The summed E-state index contributed by atoms with van der Waals surface area (Å²) in [6, 6.07) is 6.25. The van der Waals surface area contributed by atoms with Gasteiger partial charge in [0.15, 0.2) is 0 Å². The number of nitrogens with one attached hydrogen (secondary N) is 1. The SMILES string of the molecule is CN(CC(=O)NC1CC1)Cc1nc(-c2ccc([N+](=O)[O-])cc2)no1. The molecule has 1 amide bonds. The monoisotopic (exact) mass is 331 g/mol. The molecule has 0 saturated heterocycles. The summed E-state index contributed by atoms with van der Waals surface area (Å²) in [5.74, 6) is 0.718. The lowest BCUT2D eigenvalue weighted by Crippen LogP contribution is -2.35. The molecule has 1 aliphatic rings. The number of rotatable bonds is 7. The van der Waals surface area contributed by atoms with Crippen LogP contribution in [0.5, 0.6) is 0 Å². The highest BCUT2D eigenvalue weighted by molar-refractivity contribution is 5.78. The van der Waals surface area contributed by atoms with E-state index in [0.717, 1.165) is 12.8 Å². The Morgan fingerprint density at radius 2 is 2.12 bits per heavy atom. The number of likely N-dealkylation sites (N-methyl/N-ethyl adjacent to an activating group) is 1. The maximum atomic E-state index is 11.7. The molecular weight excluding hydrogens is 314 g/mol. The van der Waals surface area contributed by atoms with Gasteiger partial charge in [0, 0.05) is 23.7 Å². The molecule has 0 spiro atoms. The summed E-state index contributed by atoms with van der Waals surface area (Å²) in [4.78, 5) is 28.0. The highest BCUT2D eigenvalue weighted by Gasteiger charge is 2.23. The highest BCUT2D eigenvalue weighted by atomic mass is 16.6. The lowest BCUT2D eigenvalue weighted by Gasteiger charge is -2.13. The zero-order chi connectivity index (χ0) is 17.1. The zero-order valence-electron chi connectivity index (χ0n) is 13.1. The lowest BCUT2D eigenvalue weighted by molar-refractivity contribution is -0.384. The second-order valence-electron chi connectivity index (χ2n) is 5.83. The Morgan fingerprint density at radius 3 is 2.75 bits per heavy atom. The van der Waals surface area contributed by atoms with Crippen LogP contribution in [0.1, 0.15) is 18.7 Å². The summed E-state index contributed by atoms with van der Waals surface area (Å²) in [7, 11) is 1.79. The second-order valence-corrected chi connectivity index (χ2v) is 5.83.